The third kappa shape index (κ3) is 3.40. The molecule has 1 fully saturated rings. The molecular formula is C18H23N5S2. The highest BCUT2D eigenvalue weighted by Crippen LogP contribution is 2.27. The van der Waals surface area contributed by atoms with Gasteiger partial charge < -0.3 is 0 Å². The lowest BCUT2D eigenvalue weighted by molar-refractivity contribution is 0.703. The number of nitrogens with zero attached hydrogens (tertiary/aromatic N) is 4. The second kappa shape index (κ2) is 6.96. The third-order valence-corrected chi connectivity index (χ3v) is 6.63. The number of thioether (sulfide) groups is 1. The number of aryl methyl sites for hydroxylation is 2. The molecule has 2 aliphatic rings. The van der Waals surface area contributed by atoms with Gasteiger partial charge in [0.2, 0.25) is 0 Å². The van der Waals surface area contributed by atoms with Crippen LogP contribution >= 0.6 is 23.1 Å². The van der Waals surface area contributed by atoms with Crippen LogP contribution in [0.5, 0.6) is 0 Å². The van der Waals surface area contributed by atoms with Crippen molar-refractivity contribution in [2.45, 2.75) is 52.5 Å². The van der Waals surface area contributed by atoms with Crippen molar-refractivity contribution in [2.24, 2.45) is 10.1 Å². The van der Waals surface area contributed by atoms with Crippen LogP contribution in [0.15, 0.2) is 21.5 Å². The van der Waals surface area contributed by atoms with Gasteiger partial charge in [0.1, 0.15) is 0 Å². The smallest absolute Gasteiger partial charge is 0.194 e. The van der Waals surface area contributed by atoms with Gasteiger partial charge in [-0.3, -0.25) is 15.0 Å². The summed E-state index contributed by atoms with van der Waals surface area (Å²) < 4.78 is 2.22. The summed E-state index contributed by atoms with van der Waals surface area (Å²) in [5, 5.41) is 8.71. The van der Waals surface area contributed by atoms with E-state index in [1.54, 1.807) is 23.1 Å². The van der Waals surface area contributed by atoms with Crippen molar-refractivity contribution in [1.29, 1.82) is 0 Å². The van der Waals surface area contributed by atoms with Crippen LogP contribution in [-0.4, -0.2) is 32.2 Å². The zero-order valence-electron chi connectivity index (χ0n) is 14.9. The molecule has 1 aliphatic heterocycles. The van der Waals surface area contributed by atoms with Gasteiger partial charge >= 0.3 is 0 Å². The van der Waals surface area contributed by atoms with E-state index in [0.29, 0.717) is 6.04 Å². The molecular weight excluding hydrogens is 350 g/mol. The summed E-state index contributed by atoms with van der Waals surface area (Å²) in [5.41, 5.74) is 8.92. The molecule has 0 spiro atoms. The van der Waals surface area contributed by atoms with E-state index in [4.69, 9.17) is 4.99 Å². The summed E-state index contributed by atoms with van der Waals surface area (Å²) in [6.45, 7) is 6.31. The predicted molar refractivity (Wildman–Crippen MR) is 107 cm³/mol. The highest BCUT2D eigenvalue weighted by Gasteiger charge is 2.21. The monoisotopic (exact) mass is 373 g/mol. The summed E-state index contributed by atoms with van der Waals surface area (Å²) in [7, 11) is 0. The van der Waals surface area contributed by atoms with E-state index in [9.17, 15) is 0 Å². The van der Waals surface area contributed by atoms with Crippen LogP contribution in [0, 0.1) is 20.8 Å². The van der Waals surface area contributed by atoms with Crippen molar-refractivity contribution in [3.05, 3.63) is 34.1 Å². The van der Waals surface area contributed by atoms with E-state index < -0.39 is 0 Å². The zero-order valence-corrected chi connectivity index (χ0v) is 16.5. The average Bonchev–Trinajstić information content (AvgIpc) is 3.31. The lowest BCUT2D eigenvalue weighted by Crippen LogP contribution is -2.26. The molecule has 7 heteroatoms. The zero-order chi connectivity index (χ0) is 17.4. The largest absolute Gasteiger partial charge is 0.294 e. The summed E-state index contributed by atoms with van der Waals surface area (Å²) in [6.07, 6.45) is 5.05. The fraction of sp³-hybridized carbons (Fsp3) is 0.500. The van der Waals surface area contributed by atoms with Crippen LogP contribution in [0.3, 0.4) is 0 Å². The van der Waals surface area contributed by atoms with Crippen molar-refractivity contribution in [3.63, 3.8) is 0 Å². The molecule has 1 saturated carbocycles. The highest BCUT2D eigenvalue weighted by molar-refractivity contribution is 8.14. The van der Waals surface area contributed by atoms with Crippen molar-refractivity contribution >= 4 is 34.0 Å². The number of hydrogen-bond donors (Lipinski definition) is 1. The molecule has 0 radical (unpaired) electrons. The number of aromatic nitrogens is 2. The Bertz CT molecular complexity index is 840. The number of thiazole rings is 1. The van der Waals surface area contributed by atoms with Gasteiger partial charge in [0.15, 0.2) is 10.3 Å². The number of rotatable bonds is 3. The first-order chi connectivity index (χ1) is 12.1. The molecule has 0 bridgehead atoms. The maximum atomic E-state index is 4.81. The molecule has 2 aromatic rings. The van der Waals surface area contributed by atoms with Crippen LogP contribution in [0.4, 0.5) is 0 Å². The van der Waals surface area contributed by atoms with Gasteiger partial charge in [0.25, 0.3) is 0 Å². The molecule has 2 aromatic heterocycles. The van der Waals surface area contributed by atoms with Crippen molar-refractivity contribution in [3.8, 4) is 5.13 Å². The molecule has 3 heterocycles. The van der Waals surface area contributed by atoms with E-state index in [-0.39, 0.29) is 0 Å². The van der Waals surface area contributed by atoms with E-state index >= 15 is 0 Å². The lowest BCUT2D eigenvalue weighted by atomic mass is 10.1. The molecule has 5 nitrogen and oxygen atoms in total. The van der Waals surface area contributed by atoms with Crippen molar-refractivity contribution in [2.75, 3.05) is 5.75 Å². The van der Waals surface area contributed by atoms with Crippen LogP contribution in [0.2, 0.25) is 0 Å². The Balaban J connectivity index is 1.58. The Kier molecular flexibility index (Phi) is 4.69. The molecule has 132 valence electrons. The van der Waals surface area contributed by atoms with Crippen LogP contribution in [-0.2, 0) is 0 Å². The van der Waals surface area contributed by atoms with E-state index in [1.807, 2.05) is 6.92 Å². The average molecular weight is 374 g/mol. The number of aliphatic imine (C=N–C) groups is 1. The molecule has 0 saturated heterocycles. The van der Waals surface area contributed by atoms with Crippen LogP contribution in [0.25, 0.3) is 5.13 Å². The number of nitrogens with one attached hydrogen (secondary N) is 1. The maximum absolute atomic E-state index is 4.81. The molecule has 0 unspecified atom stereocenters. The molecule has 0 amide bonds. The van der Waals surface area contributed by atoms with E-state index in [1.165, 1.54) is 42.6 Å². The summed E-state index contributed by atoms with van der Waals surface area (Å²) in [5.74, 6) is 0.861. The van der Waals surface area contributed by atoms with Gasteiger partial charge in [-0.05, 0) is 39.7 Å². The quantitative estimate of drug-likeness (QED) is 0.877. The van der Waals surface area contributed by atoms with Gasteiger partial charge in [-0.2, -0.15) is 5.10 Å². The minimum absolute atomic E-state index is 0.491. The van der Waals surface area contributed by atoms with E-state index in [0.717, 1.165) is 27.5 Å². The predicted octanol–water partition coefficient (Wildman–Crippen LogP) is 4.20. The van der Waals surface area contributed by atoms with Crippen LogP contribution in [0.1, 0.15) is 48.3 Å². The molecule has 1 N–H and O–H groups in total. The van der Waals surface area contributed by atoms with E-state index in [2.05, 4.69) is 45.4 Å². The SMILES string of the molecule is Cc1csc(-n2c(C)cc(C3=NNC(=NC4CCCC4)SC3)c2C)n1. The topological polar surface area (TPSA) is 54.6 Å². The summed E-state index contributed by atoms with van der Waals surface area (Å²) >= 11 is 3.44. The molecule has 0 aromatic carbocycles. The molecule has 0 atom stereocenters. The van der Waals surface area contributed by atoms with Gasteiger partial charge in [0, 0.05) is 28.1 Å². The normalized spacial score (nSPS) is 20.1. The molecule has 1 aliphatic carbocycles. The Morgan fingerprint density at radius 3 is 2.68 bits per heavy atom. The summed E-state index contributed by atoms with van der Waals surface area (Å²) in [4.78, 5) is 9.44. The minimum Gasteiger partial charge on any atom is -0.294 e. The maximum Gasteiger partial charge on any atom is 0.194 e. The van der Waals surface area contributed by atoms with Gasteiger partial charge in [-0.25, -0.2) is 4.98 Å². The van der Waals surface area contributed by atoms with Crippen molar-refractivity contribution < 1.29 is 0 Å². The minimum atomic E-state index is 0.491. The fourth-order valence-corrected chi connectivity index (χ4v) is 5.25. The van der Waals surface area contributed by atoms with Gasteiger partial charge in [-0.1, -0.05) is 24.6 Å². The Morgan fingerprint density at radius 2 is 2.04 bits per heavy atom. The second-order valence-corrected chi connectivity index (χ2v) is 8.52. The second-order valence-electron chi connectivity index (χ2n) is 6.72. The lowest BCUT2D eigenvalue weighted by Gasteiger charge is -2.16. The highest BCUT2D eigenvalue weighted by atomic mass is 32.2. The standard InChI is InChI=1S/C18H23N5S2/c1-11-9-25-18(19-11)23-12(2)8-15(13(23)3)16-10-24-17(22-21-16)20-14-6-4-5-7-14/h8-9,14H,4-7,10H2,1-3H3,(H,20,22). The molecule has 4 rings (SSSR count). The van der Waals surface area contributed by atoms with Gasteiger partial charge in [0.05, 0.1) is 17.4 Å². The van der Waals surface area contributed by atoms with Gasteiger partial charge in [-0.15, -0.1) is 11.3 Å². The first-order valence-electron chi connectivity index (χ1n) is 8.77. The van der Waals surface area contributed by atoms with Crippen molar-refractivity contribution in [1.82, 2.24) is 15.0 Å². The Morgan fingerprint density at radius 1 is 1.24 bits per heavy atom. The first-order valence-corrected chi connectivity index (χ1v) is 10.6. The number of amidine groups is 1. The fourth-order valence-electron chi connectivity index (χ4n) is 3.51. The Hall–Kier alpha value is -1.60. The third-order valence-electron chi connectivity index (χ3n) is 4.80. The Labute approximate surface area is 156 Å². The number of hydrazone groups is 1. The summed E-state index contributed by atoms with van der Waals surface area (Å²) in [6, 6.07) is 2.71. The molecule has 25 heavy (non-hydrogen) atoms. The first kappa shape index (κ1) is 16.8. The number of hydrogen-bond acceptors (Lipinski definition) is 5. The van der Waals surface area contributed by atoms with Crippen LogP contribution < -0.4 is 5.43 Å².